The molecule has 0 fully saturated rings. The maximum atomic E-state index is 8.88. The van der Waals surface area contributed by atoms with Crippen LogP contribution in [0.3, 0.4) is 0 Å². The van der Waals surface area contributed by atoms with Crippen molar-refractivity contribution in [3.05, 3.63) is 30.3 Å². The average Bonchev–Trinajstić information content (AvgIpc) is 2.36. The summed E-state index contributed by atoms with van der Waals surface area (Å²) in [5.41, 5.74) is 1.11. The van der Waals surface area contributed by atoms with Gasteiger partial charge in [0.2, 0.25) is 0 Å². The summed E-state index contributed by atoms with van der Waals surface area (Å²) in [6.07, 6.45) is 12.0. The van der Waals surface area contributed by atoms with Crippen LogP contribution in [0.1, 0.15) is 12.8 Å². The molecule has 0 atom stereocenters. The Balaban J connectivity index is 0.000000621. The van der Waals surface area contributed by atoms with E-state index >= 15 is 0 Å². The second kappa shape index (κ2) is 10.1. The molecule has 0 spiro atoms. The highest BCUT2D eigenvalue weighted by atomic mass is 31.2. The average molecular weight is 295 g/mol. The SMILES string of the molecule is C#CCC(CC#C)CNc1ccccc1.O=P(O)(O)O. The third kappa shape index (κ3) is 12.7. The van der Waals surface area contributed by atoms with Gasteiger partial charge < -0.3 is 20.0 Å². The van der Waals surface area contributed by atoms with Gasteiger partial charge in [-0.05, 0) is 18.1 Å². The summed E-state index contributed by atoms with van der Waals surface area (Å²) in [7, 11) is -4.64. The maximum absolute atomic E-state index is 8.88. The van der Waals surface area contributed by atoms with Gasteiger partial charge in [0.25, 0.3) is 0 Å². The van der Waals surface area contributed by atoms with Gasteiger partial charge in [0.1, 0.15) is 0 Å². The molecule has 0 radical (unpaired) electrons. The molecule has 4 N–H and O–H groups in total. The number of benzene rings is 1. The number of hydrogen-bond acceptors (Lipinski definition) is 2. The van der Waals surface area contributed by atoms with Crippen LogP contribution in [0.15, 0.2) is 30.3 Å². The predicted molar refractivity (Wildman–Crippen MR) is 79.6 cm³/mol. The van der Waals surface area contributed by atoms with E-state index < -0.39 is 7.82 Å². The Hall–Kier alpha value is -1.75. The van der Waals surface area contributed by atoms with Gasteiger partial charge in [-0.15, -0.1) is 24.7 Å². The minimum absolute atomic E-state index is 0.361. The smallest absolute Gasteiger partial charge is 0.385 e. The topological polar surface area (TPSA) is 89.8 Å². The molecule has 5 nitrogen and oxygen atoms in total. The fourth-order valence-corrected chi connectivity index (χ4v) is 1.37. The molecule has 1 aromatic rings. The van der Waals surface area contributed by atoms with Crippen molar-refractivity contribution in [3.63, 3.8) is 0 Å². The van der Waals surface area contributed by atoms with Crippen molar-refractivity contribution < 1.29 is 19.2 Å². The zero-order valence-corrected chi connectivity index (χ0v) is 11.8. The molecule has 0 aromatic heterocycles. The van der Waals surface area contributed by atoms with Crippen LogP contribution in [0.5, 0.6) is 0 Å². The Bertz CT molecular complexity index is 474. The molecule has 0 saturated carbocycles. The first-order valence-corrected chi connectivity index (χ1v) is 7.37. The van der Waals surface area contributed by atoms with Crippen LogP contribution >= 0.6 is 7.82 Å². The molecule has 0 aliphatic rings. The van der Waals surface area contributed by atoms with Crippen molar-refractivity contribution in [1.82, 2.24) is 0 Å². The summed E-state index contributed by atoms with van der Waals surface area (Å²) >= 11 is 0. The first kappa shape index (κ1) is 18.2. The number of phosphoric acid groups is 1. The lowest BCUT2D eigenvalue weighted by Crippen LogP contribution is -2.13. The molecule has 0 aliphatic heterocycles. The molecule has 1 aromatic carbocycles. The van der Waals surface area contributed by atoms with E-state index in [2.05, 4.69) is 17.2 Å². The van der Waals surface area contributed by atoms with Crippen LogP contribution in [0.25, 0.3) is 0 Å². The van der Waals surface area contributed by atoms with Gasteiger partial charge in [0.15, 0.2) is 0 Å². The lowest BCUT2D eigenvalue weighted by atomic mass is 10.0. The van der Waals surface area contributed by atoms with Crippen LogP contribution in [-0.4, -0.2) is 21.2 Å². The molecular formula is C14H18NO4P. The van der Waals surface area contributed by atoms with Crippen molar-refractivity contribution in [2.45, 2.75) is 12.8 Å². The Morgan fingerprint density at radius 1 is 1.10 bits per heavy atom. The highest BCUT2D eigenvalue weighted by molar-refractivity contribution is 7.45. The molecule has 0 aliphatic carbocycles. The molecule has 0 heterocycles. The van der Waals surface area contributed by atoms with Gasteiger partial charge in [-0.1, -0.05) is 18.2 Å². The highest BCUT2D eigenvalue weighted by Crippen LogP contribution is 2.25. The minimum atomic E-state index is -4.64. The molecule has 108 valence electrons. The molecular weight excluding hydrogens is 277 g/mol. The van der Waals surface area contributed by atoms with Crippen LogP contribution < -0.4 is 5.32 Å². The number of rotatable bonds is 5. The summed E-state index contributed by atoms with van der Waals surface area (Å²) in [6.45, 7) is 0.832. The van der Waals surface area contributed by atoms with Gasteiger partial charge >= 0.3 is 7.82 Å². The van der Waals surface area contributed by atoms with Crippen molar-refractivity contribution in [2.24, 2.45) is 5.92 Å². The van der Waals surface area contributed by atoms with Gasteiger partial charge in [-0.25, -0.2) is 4.57 Å². The molecule has 0 amide bonds. The fourth-order valence-electron chi connectivity index (χ4n) is 1.37. The van der Waals surface area contributed by atoms with E-state index in [9.17, 15) is 0 Å². The molecule has 20 heavy (non-hydrogen) atoms. The number of para-hydroxylation sites is 1. The predicted octanol–water partition coefficient (Wildman–Crippen LogP) is 1.83. The number of anilines is 1. The molecule has 6 heteroatoms. The third-order valence-corrected chi connectivity index (χ3v) is 2.18. The van der Waals surface area contributed by atoms with Crippen LogP contribution in [-0.2, 0) is 4.57 Å². The van der Waals surface area contributed by atoms with Crippen LogP contribution in [0.2, 0.25) is 0 Å². The summed E-state index contributed by atoms with van der Waals surface area (Å²) < 4.78 is 8.88. The summed E-state index contributed by atoms with van der Waals surface area (Å²) in [5.74, 6) is 5.67. The van der Waals surface area contributed by atoms with Crippen LogP contribution in [0, 0.1) is 30.6 Å². The monoisotopic (exact) mass is 295 g/mol. The van der Waals surface area contributed by atoms with Gasteiger partial charge in [0, 0.05) is 25.1 Å². The molecule has 0 saturated heterocycles. The van der Waals surface area contributed by atoms with Crippen molar-refractivity contribution in [1.29, 1.82) is 0 Å². The molecule has 0 bridgehead atoms. The molecule has 0 unspecified atom stereocenters. The Morgan fingerprint density at radius 2 is 1.55 bits per heavy atom. The van der Waals surface area contributed by atoms with E-state index in [1.807, 2.05) is 30.3 Å². The van der Waals surface area contributed by atoms with Gasteiger partial charge in [-0.3, -0.25) is 0 Å². The van der Waals surface area contributed by atoms with E-state index in [1.54, 1.807) is 0 Å². The fraction of sp³-hybridized carbons (Fsp3) is 0.286. The van der Waals surface area contributed by atoms with Crippen molar-refractivity contribution >= 4 is 13.5 Å². The second-order valence-corrected chi connectivity index (χ2v) is 4.97. The lowest BCUT2D eigenvalue weighted by Gasteiger charge is -2.13. The van der Waals surface area contributed by atoms with Crippen molar-refractivity contribution in [3.8, 4) is 24.7 Å². The third-order valence-electron chi connectivity index (χ3n) is 2.18. The zero-order chi connectivity index (χ0) is 15.4. The lowest BCUT2D eigenvalue weighted by molar-refractivity contribution is 0.275. The standard InChI is InChI=1S/C14H15N.H3O4P/c1-3-8-13(9-4-2)12-15-14-10-6-5-7-11-14;1-5(2,3)4/h1-2,5-7,10-11,13,15H,8-9,12H2;(H3,1,2,3,4). The molecule has 1 rings (SSSR count). The summed E-state index contributed by atoms with van der Waals surface area (Å²) in [5, 5.41) is 3.32. The van der Waals surface area contributed by atoms with E-state index in [0.29, 0.717) is 5.92 Å². The number of hydrogen-bond donors (Lipinski definition) is 4. The van der Waals surface area contributed by atoms with Gasteiger partial charge in [-0.2, -0.15) is 0 Å². The first-order valence-electron chi connectivity index (χ1n) is 5.81. The quantitative estimate of drug-likeness (QED) is 0.491. The van der Waals surface area contributed by atoms with E-state index in [1.165, 1.54) is 0 Å². The normalized spacial score (nSPS) is 9.90. The Morgan fingerprint density at radius 3 is 1.95 bits per heavy atom. The van der Waals surface area contributed by atoms with E-state index in [4.69, 9.17) is 32.1 Å². The Kier molecular flexibility index (Phi) is 9.20. The van der Waals surface area contributed by atoms with Gasteiger partial charge in [0.05, 0.1) is 0 Å². The Labute approximate surface area is 119 Å². The van der Waals surface area contributed by atoms with Crippen molar-refractivity contribution in [2.75, 3.05) is 11.9 Å². The summed E-state index contributed by atoms with van der Waals surface area (Å²) in [6, 6.07) is 10.1. The second-order valence-electron chi connectivity index (χ2n) is 3.94. The number of nitrogens with one attached hydrogen (secondary N) is 1. The largest absolute Gasteiger partial charge is 0.466 e. The first-order chi connectivity index (χ1) is 9.36. The van der Waals surface area contributed by atoms with Crippen LogP contribution in [0.4, 0.5) is 5.69 Å². The minimum Gasteiger partial charge on any atom is -0.385 e. The summed E-state index contributed by atoms with van der Waals surface area (Å²) in [4.78, 5) is 21.6. The van der Waals surface area contributed by atoms with E-state index in [0.717, 1.165) is 25.1 Å². The zero-order valence-electron chi connectivity index (χ0n) is 10.9. The van der Waals surface area contributed by atoms with E-state index in [-0.39, 0.29) is 0 Å². The highest BCUT2D eigenvalue weighted by Gasteiger charge is 2.04. The maximum Gasteiger partial charge on any atom is 0.466 e. The number of terminal acetylenes is 2.